The Bertz CT molecular complexity index is 1210. The predicted molar refractivity (Wildman–Crippen MR) is 121 cm³/mol. The first-order valence-electron chi connectivity index (χ1n) is 10.0. The van der Waals surface area contributed by atoms with Gasteiger partial charge in [0.2, 0.25) is 5.91 Å². The molecule has 31 heavy (non-hydrogen) atoms. The van der Waals surface area contributed by atoms with Gasteiger partial charge in [0.15, 0.2) is 0 Å². The summed E-state index contributed by atoms with van der Waals surface area (Å²) in [5, 5.41) is 2.87. The monoisotopic (exact) mass is 436 g/mol. The molecular weight excluding hydrogens is 412 g/mol. The van der Waals surface area contributed by atoms with Gasteiger partial charge in [0.25, 0.3) is 10.0 Å². The number of rotatable bonds is 7. The van der Waals surface area contributed by atoms with Crippen molar-refractivity contribution < 1.29 is 17.9 Å². The van der Waals surface area contributed by atoms with Crippen LogP contribution in [0.1, 0.15) is 23.5 Å². The Morgan fingerprint density at radius 3 is 2.45 bits per heavy atom. The van der Waals surface area contributed by atoms with E-state index in [2.05, 4.69) is 10.0 Å². The molecule has 0 bridgehead atoms. The molecule has 2 unspecified atom stereocenters. The quantitative estimate of drug-likeness (QED) is 0.569. The number of amides is 1. The van der Waals surface area contributed by atoms with Crippen LogP contribution in [0.3, 0.4) is 0 Å². The molecule has 0 aromatic heterocycles. The fraction of sp³-hybridized carbons (Fsp3) is 0.208. The summed E-state index contributed by atoms with van der Waals surface area (Å²) in [5.74, 6) is 0.435. The summed E-state index contributed by atoms with van der Waals surface area (Å²) in [6.07, 6.45) is 0.794. The van der Waals surface area contributed by atoms with Crippen LogP contribution in [0.4, 0.5) is 11.4 Å². The molecule has 1 aliphatic carbocycles. The molecule has 0 aliphatic heterocycles. The van der Waals surface area contributed by atoms with Gasteiger partial charge in [0.1, 0.15) is 5.75 Å². The summed E-state index contributed by atoms with van der Waals surface area (Å²) in [6.45, 7) is 1.72. The maximum Gasteiger partial charge on any atom is 0.262 e. The van der Waals surface area contributed by atoms with E-state index in [-0.39, 0.29) is 22.6 Å². The van der Waals surface area contributed by atoms with Gasteiger partial charge in [-0.25, -0.2) is 8.42 Å². The minimum atomic E-state index is -3.87. The first kappa shape index (κ1) is 20.9. The van der Waals surface area contributed by atoms with Crippen molar-refractivity contribution in [2.24, 2.45) is 5.92 Å². The van der Waals surface area contributed by atoms with E-state index in [1.165, 1.54) is 13.2 Å². The molecule has 2 N–H and O–H groups in total. The number of carbonyl (C=O) groups is 1. The molecule has 6 nitrogen and oxygen atoms in total. The molecule has 4 rings (SSSR count). The van der Waals surface area contributed by atoms with Crippen molar-refractivity contribution in [1.29, 1.82) is 0 Å². The van der Waals surface area contributed by atoms with Crippen molar-refractivity contribution in [3.05, 3.63) is 83.9 Å². The Kier molecular flexibility index (Phi) is 5.69. The number of para-hydroxylation sites is 2. The predicted octanol–water partition coefficient (Wildman–Crippen LogP) is 4.55. The van der Waals surface area contributed by atoms with Crippen LogP contribution < -0.4 is 14.8 Å². The van der Waals surface area contributed by atoms with Crippen molar-refractivity contribution in [3.8, 4) is 5.75 Å². The molecule has 0 saturated heterocycles. The maximum atomic E-state index is 13.0. The number of aryl methyl sites for hydroxylation is 1. The summed E-state index contributed by atoms with van der Waals surface area (Å²) in [4.78, 5) is 12.8. The van der Waals surface area contributed by atoms with Crippen LogP contribution in [0.5, 0.6) is 5.75 Å². The zero-order valence-electron chi connectivity index (χ0n) is 17.3. The zero-order valence-corrected chi connectivity index (χ0v) is 18.1. The largest absolute Gasteiger partial charge is 0.495 e. The van der Waals surface area contributed by atoms with E-state index in [9.17, 15) is 13.2 Å². The number of methoxy groups -OCH3 is 1. The summed E-state index contributed by atoms with van der Waals surface area (Å²) in [6, 6.07) is 21.6. The number of ether oxygens (including phenoxy) is 1. The first-order valence-corrected chi connectivity index (χ1v) is 11.5. The van der Waals surface area contributed by atoms with Crippen molar-refractivity contribution in [2.45, 2.75) is 24.2 Å². The Morgan fingerprint density at radius 2 is 1.71 bits per heavy atom. The van der Waals surface area contributed by atoms with Crippen molar-refractivity contribution in [1.82, 2.24) is 0 Å². The van der Waals surface area contributed by atoms with Gasteiger partial charge in [-0.3, -0.25) is 9.52 Å². The third-order valence-corrected chi connectivity index (χ3v) is 6.96. The summed E-state index contributed by atoms with van der Waals surface area (Å²) >= 11 is 0. The molecule has 3 aromatic carbocycles. The van der Waals surface area contributed by atoms with Gasteiger partial charge < -0.3 is 10.1 Å². The number of anilines is 2. The molecule has 160 valence electrons. The number of nitrogens with one attached hydrogen (secondary N) is 2. The average Bonchev–Trinajstić information content (AvgIpc) is 3.57. The molecule has 1 fully saturated rings. The third-order valence-electron chi connectivity index (χ3n) is 5.45. The summed E-state index contributed by atoms with van der Waals surface area (Å²) in [5.41, 5.74) is 2.53. The first-order chi connectivity index (χ1) is 14.9. The Labute approximate surface area is 182 Å². The van der Waals surface area contributed by atoms with Crippen LogP contribution in [0, 0.1) is 12.8 Å². The second-order valence-corrected chi connectivity index (χ2v) is 9.29. The highest BCUT2D eigenvalue weighted by atomic mass is 32.2. The van der Waals surface area contributed by atoms with Crippen LogP contribution in [0.25, 0.3) is 0 Å². The fourth-order valence-electron chi connectivity index (χ4n) is 3.68. The molecule has 0 radical (unpaired) electrons. The highest BCUT2D eigenvalue weighted by molar-refractivity contribution is 7.92. The van der Waals surface area contributed by atoms with Gasteiger partial charge in [0.05, 0.1) is 17.7 Å². The molecule has 0 heterocycles. The molecule has 7 heteroatoms. The van der Waals surface area contributed by atoms with E-state index in [1.54, 1.807) is 43.3 Å². The van der Waals surface area contributed by atoms with Crippen molar-refractivity contribution >= 4 is 27.3 Å². The van der Waals surface area contributed by atoms with E-state index < -0.39 is 10.0 Å². The van der Waals surface area contributed by atoms with Crippen LogP contribution in [0.15, 0.2) is 77.7 Å². The average molecular weight is 437 g/mol. The van der Waals surface area contributed by atoms with Gasteiger partial charge in [-0.1, -0.05) is 48.5 Å². The Balaban J connectivity index is 1.51. The number of hydrogen-bond acceptors (Lipinski definition) is 4. The summed E-state index contributed by atoms with van der Waals surface area (Å²) < 4.78 is 33.9. The second kappa shape index (κ2) is 8.43. The number of sulfonamides is 1. The highest BCUT2D eigenvalue weighted by Gasteiger charge is 2.43. The maximum absolute atomic E-state index is 13.0. The van der Waals surface area contributed by atoms with Crippen LogP contribution >= 0.6 is 0 Å². The molecule has 3 aromatic rings. The zero-order chi connectivity index (χ0) is 22.0. The topological polar surface area (TPSA) is 84.5 Å². The highest BCUT2D eigenvalue weighted by Crippen LogP contribution is 2.47. The van der Waals surface area contributed by atoms with E-state index in [0.717, 1.165) is 12.0 Å². The molecule has 0 spiro atoms. The minimum absolute atomic E-state index is 0.0984. The number of hydrogen-bond donors (Lipinski definition) is 2. The molecule has 1 aliphatic rings. The van der Waals surface area contributed by atoms with Gasteiger partial charge in [-0.05, 0) is 54.7 Å². The van der Waals surface area contributed by atoms with Crippen LogP contribution in [-0.2, 0) is 14.8 Å². The lowest BCUT2D eigenvalue weighted by Crippen LogP contribution is -2.17. The molecule has 1 saturated carbocycles. The SMILES string of the molecule is COc1ccccc1NS(=O)(=O)c1cc(NC(=O)C2CC2c2ccccc2)ccc1C. The molecule has 1 amide bonds. The molecular formula is C24H24N2O4S. The van der Waals surface area contributed by atoms with Gasteiger partial charge >= 0.3 is 0 Å². The fourth-order valence-corrected chi connectivity index (χ4v) is 5.03. The van der Waals surface area contributed by atoms with Crippen molar-refractivity contribution in [2.75, 3.05) is 17.1 Å². The summed E-state index contributed by atoms with van der Waals surface area (Å²) in [7, 11) is -2.39. The molecule has 2 atom stereocenters. The Hall–Kier alpha value is -3.32. The van der Waals surface area contributed by atoms with Gasteiger partial charge in [-0.15, -0.1) is 0 Å². The lowest BCUT2D eigenvalue weighted by molar-refractivity contribution is -0.117. The third kappa shape index (κ3) is 4.56. The van der Waals surface area contributed by atoms with Crippen molar-refractivity contribution in [3.63, 3.8) is 0 Å². The normalized spacial score (nSPS) is 17.6. The smallest absolute Gasteiger partial charge is 0.262 e. The standard InChI is InChI=1S/C24H24N2O4S/c1-16-12-13-18(25-24(27)20-15-19(20)17-8-4-3-5-9-17)14-23(16)31(28,29)26-21-10-6-7-11-22(21)30-2/h3-14,19-20,26H,15H2,1-2H3,(H,25,27). The van der Waals surface area contributed by atoms with E-state index >= 15 is 0 Å². The lowest BCUT2D eigenvalue weighted by atomic mass is 10.1. The lowest BCUT2D eigenvalue weighted by Gasteiger charge is -2.14. The second-order valence-electron chi connectivity index (χ2n) is 7.63. The van der Waals surface area contributed by atoms with E-state index in [0.29, 0.717) is 22.7 Å². The van der Waals surface area contributed by atoms with Crippen LogP contribution in [0.2, 0.25) is 0 Å². The van der Waals surface area contributed by atoms with E-state index in [1.807, 2.05) is 30.3 Å². The number of carbonyl (C=O) groups excluding carboxylic acids is 1. The minimum Gasteiger partial charge on any atom is -0.495 e. The van der Waals surface area contributed by atoms with E-state index in [4.69, 9.17) is 4.74 Å². The van der Waals surface area contributed by atoms with Gasteiger partial charge in [0, 0.05) is 11.6 Å². The Morgan fingerprint density at radius 1 is 1.00 bits per heavy atom. The number of benzene rings is 3. The van der Waals surface area contributed by atoms with Crippen LogP contribution in [-0.4, -0.2) is 21.4 Å². The van der Waals surface area contributed by atoms with Gasteiger partial charge in [-0.2, -0.15) is 0 Å².